The zero-order valence-electron chi connectivity index (χ0n) is 27.7. The summed E-state index contributed by atoms with van der Waals surface area (Å²) >= 11 is 12.4. The molecule has 2 amide bonds. The van der Waals surface area contributed by atoms with E-state index in [0.29, 0.717) is 45.7 Å². The Morgan fingerprint density at radius 2 is 0.712 bits per heavy atom. The maximum absolute atomic E-state index is 14.8. The molecule has 2 aliphatic heterocycles. The van der Waals surface area contributed by atoms with E-state index in [4.69, 9.17) is 23.2 Å². The van der Waals surface area contributed by atoms with Crippen LogP contribution in [0.1, 0.15) is 22.3 Å². The van der Waals surface area contributed by atoms with Crippen LogP contribution in [0.4, 0.5) is 0 Å². The second-order valence-corrected chi connectivity index (χ2v) is 18.0. The molecule has 0 fully saturated rings. The third kappa shape index (κ3) is 7.20. The third-order valence-electron chi connectivity index (χ3n) is 8.90. The molecule has 254 valence electrons. The molecule has 52 heavy (non-hydrogen) atoms. The molecule has 6 aromatic carbocycles. The van der Waals surface area contributed by atoms with E-state index < -0.39 is 0 Å². The summed E-state index contributed by atoms with van der Waals surface area (Å²) < 4.78 is 4.80. The van der Waals surface area contributed by atoms with Crippen molar-refractivity contribution >= 4 is 94.2 Å². The zero-order chi connectivity index (χ0) is 35.6. The van der Waals surface area contributed by atoms with Crippen LogP contribution in [0.25, 0.3) is 11.4 Å². The van der Waals surface area contributed by atoms with Gasteiger partial charge in [-0.05, 0) is 0 Å². The Morgan fingerprint density at radius 1 is 0.404 bits per heavy atom. The number of carbonyl (C=O) groups excluding carboxylic acids is 2. The molecule has 0 saturated heterocycles. The minimum absolute atomic E-state index is 0.0745. The van der Waals surface area contributed by atoms with Crippen LogP contribution in [-0.4, -0.2) is 51.5 Å². The van der Waals surface area contributed by atoms with Crippen molar-refractivity contribution in [3.05, 3.63) is 201 Å². The summed E-state index contributed by atoms with van der Waals surface area (Å²) in [5, 5.41) is 1.43. The predicted molar refractivity (Wildman–Crippen MR) is 214 cm³/mol. The van der Waals surface area contributed by atoms with Gasteiger partial charge in [0.15, 0.2) is 0 Å². The van der Waals surface area contributed by atoms with E-state index in [1.54, 1.807) is 9.80 Å². The summed E-state index contributed by atoms with van der Waals surface area (Å²) in [4.78, 5) is 33.2. The normalized spacial score (nSPS) is 14.1. The van der Waals surface area contributed by atoms with Gasteiger partial charge in [-0.25, -0.2) is 0 Å². The fraction of sp³-hybridized carbons (Fsp3) is 0.0455. The molecule has 0 N–H and O–H groups in total. The topological polar surface area (TPSA) is 40.6 Å². The average Bonchev–Trinajstić information content (AvgIpc) is 3.61. The van der Waals surface area contributed by atoms with Crippen LogP contribution in [-0.2, 0) is 22.7 Å². The number of rotatable bonds is 10. The molecule has 0 aliphatic carbocycles. The number of hydrogen-bond donors (Lipinski definition) is 0. The zero-order valence-corrected chi connectivity index (χ0v) is 32.6. The number of benzene rings is 6. The molecule has 2 aliphatic rings. The van der Waals surface area contributed by atoms with Crippen LogP contribution in [0.5, 0.6) is 0 Å². The second-order valence-electron chi connectivity index (χ2n) is 12.4. The van der Waals surface area contributed by atoms with Crippen molar-refractivity contribution < 1.29 is 9.59 Å². The van der Waals surface area contributed by atoms with Gasteiger partial charge >= 0.3 is 328 Å². The molecule has 8 rings (SSSR count). The SMILES string of the molecule is O=C1C2=C(c3ccc([Se]c4ccc(Cl)cc4)cc3)N(Cc3ccccc3)C(=O)C2=C(c2ccc([Se]c3ccc(Cl)cc3)cc2)N1Cc1ccccc1. The fourth-order valence-corrected chi connectivity index (χ4v) is 10.1. The first kappa shape index (κ1) is 34.4. The van der Waals surface area contributed by atoms with Crippen LogP contribution in [0.3, 0.4) is 0 Å². The van der Waals surface area contributed by atoms with Crippen molar-refractivity contribution in [1.29, 1.82) is 0 Å². The third-order valence-corrected chi connectivity index (χ3v) is 13.7. The first-order valence-electron chi connectivity index (χ1n) is 16.7. The Bertz CT molecular complexity index is 2160. The van der Waals surface area contributed by atoms with Crippen LogP contribution in [0, 0.1) is 0 Å². The first-order valence-corrected chi connectivity index (χ1v) is 20.9. The van der Waals surface area contributed by atoms with Gasteiger partial charge in [-0.3, -0.25) is 0 Å². The number of nitrogens with zero attached hydrogens (tertiary/aromatic N) is 2. The molecule has 8 heteroatoms. The number of carbonyl (C=O) groups is 2. The molecule has 0 radical (unpaired) electrons. The van der Waals surface area contributed by atoms with Crippen LogP contribution < -0.4 is 17.8 Å². The molecule has 2 heterocycles. The van der Waals surface area contributed by atoms with Crippen LogP contribution in [0.2, 0.25) is 10.0 Å². The molecule has 0 aromatic heterocycles. The van der Waals surface area contributed by atoms with E-state index in [0.717, 1.165) is 22.3 Å². The Labute approximate surface area is 325 Å². The summed E-state index contributed by atoms with van der Waals surface area (Å²) in [5.74, 6) is -0.339. The van der Waals surface area contributed by atoms with Gasteiger partial charge in [-0.15, -0.1) is 0 Å². The summed E-state index contributed by atoms with van der Waals surface area (Å²) in [6, 6.07) is 52.4. The monoisotopic (exact) mass is 848 g/mol. The first-order chi connectivity index (χ1) is 25.4. The Kier molecular flexibility index (Phi) is 10.0. The molecule has 4 nitrogen and oxygen atoms in total. The quantitative estimate of drug-likeness (QED) is 0.148. The second kappa shape index (κ2) is 15.1. The Balaban J connectivity index is 1.23. The van der Waals surface area contributed by atoms with Crippen molar-refractivity contribution in [1.82, 2.24) is 9.80 Å². The molecular weight excluding hydrogens is 817 g/mol. The van der Waals surface area contributed by atoms with Gasteiger partial charge in [-0.2, -0.15) is 0 Å². The molecule has 0 saturated carbocycles. The maximum atomic E-state index is 14.8. The summed E-state index contributed by atoms with van der Waals surface area (Å²) in [7, 11) is 0. The molecule has 0 atom stereocenters. The van der Waals surface area contributed by atoms with Gasteiger partial charge in [0, 0.05) is 0 Å². The van der Waals surface area contributed by atoms with E-state index in [-0.39, 0.29) is 41.7 Å². The minimum atomic E-state index is -0.170. The summed E-state index contributed by atoms with van der Waals surface area (Å²) in [6.07, 6.45) is 0. The fourth-order valence-electron chi connectivity index (χ4n) is 6.47. The Hall–Kier alpha value is -4.64. The van der Waals surface area contributed by atoms with E-state index in [1.165, 1.54) is 17.8 Å². The standard InChI is InChI=1S/C44H30Cl2N2O2Se2/c45-33-15-23-37(24-16-33)51-35-19-11-31(12-20-35)41-39-40(43(49)47(41)27-29-7-3-1-4-8-29)42(48(44(39)50)28-30-9-5-2-6-10-30)32-13-21-36(22-14-32)52-38-25-17-34(46)18-26-38/h1-26H,27-28H2. The number of halogens is 2. The van der Waals surface area contributed by atoms with Gasteiger partial charge in [0.1, 0.15) is 0 Å². The molecular formula is C44H30Cl2N2O2Se2. The van der Waals surface area contributed by atoms with Crippen molar-refractivity contribution in [2.75, 3.05) is 0 Å². The van der Waals surface area contributed by atoms with Gasteiger partial charge in [-0.1, -0.05) is 0 Å². The van der Waals surface area contributed by atoms with E-state index >= 15 is 0 Å². The van der Waals surface area contributed by atoms with Gasteiger partial charge in [0.25, 0.3) is 0 Å². The molecule has 0 bridgehead atoms. The number of fused-ring (bicyclic) bond motifs is 1. The predicted octanol–water partition coefficient (Wildman–Crippen LogP) is 6.51. The molecule has 0 spiro atoms. The van der Waals surface area contributed by atoms with Gasteiger partial charge in [0.2, 0.25) is 0 Å². The van der Waals surface area contributed by atoms with Gasteiger partial charge in [0.05, 0.1) is 0 Å². The molecule has 6 aromatic rings. The molecule has 0 unspecified atom stereocenters. The summed E-state index contributed by atoms with van der Waals surface area (Å²) in [5.41, 5.74) is 5.85. The van der Waals surface area contributed by atoms with Gasteiger partial charge < -0.3 is 0 Å². The van der Waals surface area contributed by atoms with Crippen molar-refractivity contribution in [2.45, 2.75) is 13.1 Å². The Morgan fingerprint density at radius 3 is 1.04 bits per heavy atom. The van der Waals surface area contributed by atoms with Crippen LogP contribution >= 0.6 is 23.2 Å². The average molecular weight is 848 g/mol. The van der Waals surface area contributed by atoms with E-state index in [9.17, 15) is 9.59 Å². The van der Waals surface area contributed by atoms with Crippen molar-refractivity contribution in [3.63, 3.8) is 0 Å². The van der Waals surface area contributed by atoms with Crippen molar-refractivity contribution in [3.8, 4) is 0 Å². The number of hydrogen-bond acceptors (Lipinski definition) is 2. The van der Waals surface area contributed by atoms with Crippen molar-refractivity contribution in [2.24, 2.45) is 0 Å². The van der Waals surface area contributed by atoms with E-state index in [2.05, 4.69) is 48.5 Å². The van der Waals surface area contributed by atoms with E-state index in [1.807, 2.05) is 109 Å². The number of amides is 2. The summed E-state index contributed by atoms with van der Waals surface area (Å²) in [6.45, 7) is 0.695. The van der Waals surface area contributed by atoms with Crippen LogP contribution in [0.15, 0.2) is 169 Å².